The highest BCUT2D eigenvalue weighted by Gasteiger charge is 2.38. The molecule has 1 N–H and O–H groups in total. The third-order valence-corrected chi connectivity index (χ3v) is 7.29. The standard InChI is InChI=1S/C14H27N3O3S/c18-12-13-4-7-16(8-5-13)21(19,20)17-10-9-15-6-2-1-3-14(15)11-17/h13-14,18H,1-12H2. The molecular weight excluding hydrogens is 290 g/mol. The van der Waals surface area contributed by atoms with E-state index in [4.69, 9.17) is 0 Å². The average molecular weight is 317 g/mol. The van der Waals surface area contributed by atoms with Crippen molar-refractivity contribution in [2.24, 2.45) is 5.92 Å². The first-order valence-corrected chi connectivity index (χ1v) is 9.61. The quantitative estimate of drug-likeness (QED) is 0.802. The van der Waals surface area contributed by atoms with E-state index in [2.05, 4.69) is 4.90 Å². The van der Waals surface area contributed by atoms with E-state index in [1.807, 2.05) is 0 Å². The zero-order valence-electron chi connectivity index (χ0n) is 12.7. The van der Waals surface area contributed by atoms with Crippen LogP contribution in [0, 0.1) is 5.92 Å². The highest BCUT2D eigenvalue weighted by molar-refractivity contribution is 7.86. The molecule has 0 aliphatic carbocycles. The predicted octanol–water partition coefficient (Wildman–Crippen LogP) is 0.106. The summed E-state index contributed by atoms with van der Waals surface area (Å²) in [7, 11) is -3.31. The van der Waals surface area contributed by atoms with Crippen molar-refractivity contribution in [2.45, 2.75) is 38.1 Å². The van der Waals surface area contributed by atoms with Gasteiger partial charge in [-0.05, 0) is 38.1 Å². The van der Waals surface area contributed by atoms with Crippen LogP contribution in [0.15, 0.2) is 0 Å². The van der Waals surface area contributed by atoms with Gasteiger partial charge in [-0.15, -0.1) is 0 Å². The summed E-state index contributed by atoms with van der Waals surface area (Å²) < 4.78 is 28.9. The van der Waals surface area contributed by atoms with Gasteiger partial charge < -0.3 is 5.11 Å². The van der Waals surface area contributed by atoms with Crippen LogP contribution >= 0.6 is 0 Å². The minimum Gasteiger partial charge on any atom is -0.396 e. The number of fused-ring (bicyclic) bond motifs is 1. The van der Waals surface area contributed by atoms with Crippen LogP contribution in [-0.2, 0) is 10.2 Å². The largest absolute Gasteiger partial charge is 0.396 e. The number of piperidine rings is 2. The molecular formula is C14H27N3O3S. The van der Waals surface area contributed by atoms with Crippen LogP contribution in [0.25, 0.3) is 0 Å². The summed E-state index contributed by atoms with van der Waals surface area (Å²) in [5.41, 5.74) is 0. The van der Waals surface area contributed by atoms with Gasteiger partial charge >= 0.3 is 0 Å². The second-order valence-electron chi connectivity index (χ2n) is 6.58. The monoisotopic (exact) mass is 317 g/mol. The molecule has 3 aliphatic heterocycles. The molecule has 0 bridgehead atoms. The van der Waals surface area contributed by atoms with E-state index in [1.54, 1.807) is 8.61 Å². The van der Waals surface area contributed by atoms with Crippen LogP contribution in [0.2, 0.25) is 0 Å². The Morgan fingerprint density at radius 1 is 0.905 bits per heavy atom. The van der Waals surface area contributed by atoms with Crippen molar-refractivity contribution in [1.82, 2.24) is 13.5 Å². The SMILES string of the molecule is O=S(=O)(N1CCC(CO)CC1)N1CCN2CCCCC2C1. The van der Waals surface area contributed by atoms with Gasteiger partial charge in [-0.2, -0.15) is 17.0 Å². The van der Waals surface area contributed by atoms with Crippen LogP contribution in [0.3, 0.4) is 0 Å². The molecule has 6 nitrogen and oxygen atoms in total. The van der Waals surface area contributed by atoms with E-state index in [0.717, 1.165) is 32.4 Å². The average Bonchev–Trinajstić information content (AvgIpc) is 2.54. The van der Waals surface area contributed by atoms with Gasteiger partial charge in [-0.25, -0.2) is 0 Å². The van der Waals surface area contributed by atoms with Gasteiger partial charge in [0.15, 0.2) is 0 Å². The van der Waals surface area contributed by atoms with E-state index in [-0.39, 0.29) is 12.5 Å². The van der Waals surface area contributed by atoms with Crippen molar-refractivity contribution in [3.05, 3.63) is 0 Å². The summed E-state index contributed by atoms with van der Waals surface area (Å²) in [6.07, 6.45) is 5.14. The Hall–Kier alpha value is -0.210. The van der Waals surface area contributed by atoms with Gasteiger partial charge in [0, 0.05) is 45.4 Å². The predicted molar refractivity (Wildman–Crippen MR) is 81.1 cm³/mol. The lowest BCUT2D eigenvalue weighted by molar-refractivity contribution is 0.0804. The first-order valence-electron chi connectivity index (χ1n) is 8.21. The van der Waals surface area contributed by atoms with E-state index in [9.17, 15) is 13.5 Å². The minimum atomic E-state index is -3.31. The molecule has 0 aromatic rings. The fourth-order valence-electron chi connectivity index (χ4n) is 3.82. The third-order valence-electron chi connectivity index (χ3n) is 5.28. The van der Waals surface area contributed by atoms with Crippen molar-refractivity contribution in [3.8, 4) is 0 Å². The Balaban J connectivity index is 1.62. The molecule has 3 saturated heterocycles. The van der Waals surface area contributed by atoms with Crippen LogP contribution in [0.4, 0.5) is 0 Å². The fourth-order valence-corrected chi connectivity index (χ4v) is 5.49. The lowest BCUT2D eigenvalue weighted by Gasteiger charge is -2.45. The molecule has 0 aromatic carbocycles. The van der Waals surface area contributed by atoms with Gasteiger partial charge in [0.2, 0.25) is 0 Å². The Labute approximate surface area is 127 Å². The summed E-state index contributed by atoms with van der Waals surface area (Å²) in [5.74, 6) is 0.270. The molecule has 0 amide bonds. The number of aliphatic hydroxyl groups excluding tert-OH is 1. The highest BCUT2D eigenvalue weighted by Crippen LogP contribution is 2.26. The first-order chi connectivity index (χ1) is 10.1. The maximum absolute atomic E-state index is 12.8. The van der Waals surface area contributed by atoms with Crippen molar-refractivity contribution in [3.63, 3.8) is 0 Å². The zero-order valence-corrected chi connectivity index (χ0v) is 13.5. The summed E-state index contributed by atoms with van der Waals surface area (Å²) in [6.45, 7) is 4.56. The summed E-state index contributed by atoms with van der Waals surface area (Å²) >= 11 is 0. The van der Waals surface area contributed by atoms with Crippen molar-refractivity contribution >= 4 is 10.2 Å². The highest BCUT2D eigenvalue weighted by atomic mass is 32.2. The second kappa shape index (κ2) is 6.50. The van der Waals surface area contributed by atoms with Crippen LogP contribution in [0.1, 0.15) is 32.1 Å². The number of hydrogen-bond donors (Lipinski definition) is 1. The lowest BCUT2D eigenvalue weighted by atomic mass is 10.00. The van der Waals surface area contributed by atoms with Crippen molar-refractivity contribution in [2.75, 3.05) is 45.9 Å². The minimum absolute atomic E-state index is 0.175. The fraction of sp³-hybridized carbons (Fsp3) is 1.00. The topological polar surface area (TPSA) is 64.1 Å². The van der Waals surface area contributed by atoms with E-state index >= 15 is 0 Å². The van der Waals surface area contributed by atoms with E-state index < -0.39 is 10.2 Å². The third kappa shape index (κ3) is 3.27. The maximum atomic E-state index is 12.8. The molecule has 0 saturated carbocycles. The van der Waals surface area contributed by atoms with Gasteiger partial charge in [0.05, 0.1) is 0 Å². The van der Waals surface area contributed by atoms with Gasteiger partial charge in [0.1, 0.15) is 0 Å². The lowest BCUT2D eigenvalue weighted by Crippen LogP contribution is -2.59. The molecule has 3 aliphatic rings. The molecule has 1 unspecified atom stereocenters. The van der Waals surface area contributed by atoms with Crippen LogP contribution in [-0.4, -0.2) is 79.0 Å². The van der Waals surface area contributed by atoms with Gasteiger partial charge in [-0.1, -0.05) is 6.42 Å². The normalized spacial score (nSPS) is 31.2. The number of piperazine rings is 1. The number of rotatable bonds is 3. The molecule has 21 heavy (non-hydrogen) atoms. The molecule has 3 heterocycles. The molecule has 3 rings (SSSR count). The molecule has 0 aromatic heterocycles. The molecule has 7 heteroatoms. The molecule has 1 atom stereocenters. The van der Waals surface area contributed by atoms with Crippen molar-refractivity contribution < 1.29 is 13.5 Å². The van der Waals surface area contributed by atoms with Gasteiger partial charge in [-0.3, -0.25) is 4.90 Å². The van der Waals surface area contributed by atoms with Crippen LogP contribution in [0.5, 0.6) is 0 Å². The molecule has 0 radical (unpaired) electrons. The van der Waals surface area contributed by atoms with Crippen molar-refractivity contribution in [1.29, 1.82) is 0 Å². The number of nitrogens with zero attached hydrogens (tertiary/aromatic N) is 3. The number of hydrogen-bond acceptors (Lipinski definition) is 4. The van der Waals surface area contributed by atoms with Gasteiger partial charge in [0.25, 0.3) is 10.2 Å². The maximum Gasteiger partial charge on any atom is 0.282 e. The van der Waals surface area contributed by atoms with E-state index in [0.29, 0.717) is 32.2 Å². The molecule has 0 spiro atoms. The summed E-state index contributed by atoms with van der Waals surface area (Å²) in [5, 5.41) is 9.17. The first kappa shape index (κ1) is 15.7. The van der Waals surface area contributed by atoms with E-state index in [1.165, 1.54) is 12.8 Å². The molecule has 122 valence electrons. The Morgan fingerprint density at radius 3 is 2.38 bits per heavy atom. The second-order valence-corrected chi connectivity index (χ2v) is 8.50. The Bertz CT molecular complexity index is 448. The Morgan fingerprint density at radius 2 is 1.67 bits per heavy atom. The summed E-state index contributed by atoms with van der Waals surface area (Å²) in [6, 6.07) is 0.414. The smallest absolute Gasteiger partial charge is 0.282 e. The van der Waals surface area contributed by atoms with Crippen LogP contribution < -0.4 is 0 Å². The summed E-state index contributed by atoms with van der Waals surface area (Å²) in [4.78, 5) is 2.45. The number of aliphatic hydroxyl groups is 1. The zero-order chi connectivity index (χ0) is 14.9. The Kier molecular flexibility index (Phi) is 4.85. The molecule has 3 fully saturated rings.